The van der Waals surface area contributed by atoms with E-state index in [0.717, 1.165) is 22.4 Å². The Morgan fingerprint density at radius 1 is 1.07 bits per heavy atom. The van der Waals surface area contributed by atoms with E-state index in [-0.39, 0.29) is 29.0 Å². The molecule has 1 atom stereocenters. The van der Waals surface area contributed by atoms with E-state index < -0.39 is 34.6 Å². The van der Waals surface area contributed by atoms with Crippen molar-refractivity contribution < 1.29 is 32.4 Å². The highest BCUT2D eigenvalue weighted by Crippen LogP contribution is 2.33. The predicted molar refractivity (Wildman–Crippen MR) is 148 cm³/mol. The standard InChI is InChI=1S/C25H22F3N5O5S2/c26-15-1-3-20(18(27)11-15)29-24(39)37-14-17-13-32(25(34)38-17)16-2-4-21(19(28)12-16)30-7-9-31(10-8-30)22-5-6-23(40-22)33(35)36/h1-6,11-12,17H,7-10,13-14H2,(H,29,39)/t17-/m1/s1. The second kappa shape index (κ2) is 11.6. The zero-order valence-corrected chi connectivity index (χ0v) is 22.4. The van der Waals surface area contributed by atoms with Crippen molar-refractivity contribution in [3.05, 3.63) is 76.1 Å². The molecule has 1 aromatic heterocycles. The first-order chi connectivity index (χ1) is 19.2. The van der Waals surface area contributed by atoms with Crippen LogP contribution in [0.25, 0.3) is 0 Å². The number of benzene rings is 2. The van der Waals surface area contributed by atoms with E-state index >= 15 is 4.39 Å². The number of hydrogen-bond donors (Lipinski definition) is 1. The molecule has 0 aliphatic carbocycles. The number of carbonyl (C=O) groups is 1. The Morgan fingerprint density at radius 2 is 1.82 bits per heavy atom. The minimum Gasteiger partial charge on any atom is -0.467 e. The van der Waals surface area contributed by atoms with Crippen LogP contribution in [0.4, 0.5) is 45.0 Å². The molecule has 210 valence electrons. The van der Waals surface area contributed by atoms with Gasteiger partial charge in [-0.1, -0.05) is 0 Å². The smallest absolute Gasteiger partial charge is 0.414 e. The van der Waals surface area contributed by atoms with Crippen LogP contribution in [-0.4, -0.2) is 61.6 Å². The number of ether oxygens (including phenoxy) is 2. The number of thiocarbonyl (C=S) groups is 1. The number of carbonyl (C=O) groups excluding carboxylic acids is 1. The highest BCUT2D eigenvalue weighted by Gasteiger charge is 2.34. The fourth-order valence-corrected chi connectivity index (χ4v) is 5.45. The largest absolute Gasteiger partial charge is 0.467 e. The van der Waals surface area contributed by atoms with Gasteiger partial charge in [0.1, 0.15) is 24.1 Å². The molecule has 0 saturated carbocycles. The summed E-state index contributed by atoms with van der Waals surface area (Å²) in [6, 6.07) is 10.6. The molecule has 2 aromatic carbocycles. The molecule has 3 heterocycles. The molecule has 10 nitrogen and oxygen atoms in total. The fraction of sp³-hybridized carbons (Fsp3) is 0.280. The summed E-state index contributed by atoms with van der Waals surface area (Å²) in [5, 5.41) is 14.1. The summed E-state index contributed by atoms with van der Waals surface area (Å²) in [5.74, 6) is -2.08. The predicted octanol–water partition coefficient (Wildman–Crippen LogP) is 5.14. The van der Waals surface area contributed by atoms with Gasteiger partial charge in [0.2, 0.25) is 0 Å². The number of rotatable bonds is 7. The van der Waals surface area contributed by atoms with Crippen LogP contribution in [0.15, 0.2) is 48.5 Å². The van der Waals surface area contributed by atoms with Crippen molar-refractivity contribution >= 4 is 61.9 Å². The average molecular weight is 594 g/mol. The molecule has 0 bridgehead atoms. The molecule has 2 aliphatic heterocycles. The van der Waals surface area contributed by atoms with Gasteiger partial charge in [0.05, 0.1) is 33.5 Å². The topological polar surface area (TPSA) is 100 Å². The van der Waals surface area contributed by atoms with Gasteiger partial charge in [-0.3, -0.25) is 15.0 Å². The summed E-state index contributed by atoms with van der Waals surface area (Å²) >= 11 is 6.13. The molecule has 3 aromatic rings. The number of halogens is 3. The molecule has 0 spiro atoms. The lowest BCUT2D eigenvalue weighted by atomic mass is 10.2. The van der Waals surface area contributed by atoms with Crippen LogP contribution >= 0.6 is 23.6 Å². The van der Waals surface area contributed by atoms with E-state index in [4.69, 9.17) is 21.7 Å². The molecule has 15 heteroatoms. The molecule has 40 heavy (non-hydrogen) atoms. The van der Waals surface area contributed by atoms with Crippen LogP contribution in [0.1, 0.15) is 0 Å². The second-order valence-corrected chi connectivity index (χ2v) is 10.4. The summed E-state index contributed by atoms with van der Waals surface area (Å²) in [6.07, 6.45) is -1.39. The number of nitrogens with one attached hydrogen (secondary N) is 1. The maximum atomic E-state index is 15.1. The molecule has 2 saturated heterocycles. The first-order valence-corrected chi connectivity index (χ1v) is 13.3. The third-order valence-electron chi connectivity index (χ3n) is 6.37. The van der Waals surface area contributed by atoms with Crippen LogP contribution in [0.2, 0.25) is 0 Å². The highest BCUT2D eigenvalue weighted by molar-refractivity contribution is 7.80. The fourth-order valence-electron chi connectivity index (χ4n) is 4.40. The van der Waals surface area contributed by atoms with E-state index in [1.807, 2.05) is 9.80 Å². The number of amides is 1. The summed E-state index contributed by atoms with van der Waals surface area (Å²) in [4.78, 5) is 28.2. The second-order valence-electron chi connectivity index (χ2n) is 8.94. The number of thiophene rings is 1. The van der Waals surface area contributed by atoms with Crippen molar-refractivity contribution in [2.24, 2.45) is 0 Å². The Balaban J connectivity index is 1.14. The number of cyclic esters (lactones) is 1. The van der Waals surface area contributed by atoms with Gasteiger partial charge >= 0.3 is 11.1 Å². The molecular weight excluding hydrogens is 571 g/mol. The lowest BCUT2D eigenvalue weighted by Crippen LogP contribution is -2.46. The van der Waals surface area contributed by atoms with Crippen LogP contribution in [0, 0.1) is 27.6 Å². The Labute approximate surface area is 235 Å². The van der Waals surface area contributed by atoms with Crippen molar-refractivity contribution in [3.63, 3.8) is 0 Å². The quantitative estimate of drug-likeness (QED) is 0.227. The average Bonchev–Trinajstić information content (AvgIpc) is 3.57. The molecular formula is C25H22F3N5O5S2. The number of piperazine rings is 1. The third kappa shape index (κ3) is 6.04. The van der Waals surface area contributed by atoms with Crippen LogP contribution in [0.3, 0.4) is 0 Å². The van der Waals surface area contributed by atoms with Gasteiger partial charge in [-0.25, -0.2) is 18.0 Å². The molecule has 5 rings (SSSR count). The number of nitro groups is 1. The Hall–Kier alpha value is -4.11. The van der Waals surface area contributed by atoms with Crippen LogP contribution in [0.5, 0.6) is 0 Å². The lowest BCUT2D eigenvalue weighted by molar-refractivity contribution is -0.380. The molecule has 2 fully saturated rings. The maximum absolute atomic E-state index is 15.1. The number of anilines is 4. The maximum Gasteiger partial charge on any atom is 0.414 e. The van der Waals surface area contributed by atoms with E-state index in [9.17, 15) is 23.7 Å². The molecule has 2 aliphatic rings. The summed E-state index contributed by atoms with van der Waals surface area (Å²) in [6.45, 7) is 2.13. The van der Waals surface area contributed by atoms with Crippen molar-refractivity contribution in [2.75, 3.05) is 59.3 Å². The molecule has 0 radical (unpaired) electrons. The first kappa shape index (κ1) is 27.5. The zero-order chi connectivity index (χ0) is 28.4. The van der Waals surface area contributed by atoms with Crippen molar-refractivity contribution in [2.45, 2.75) is 6.10 Å². The monoisotopic (exact) mass is 593 g/mol. The Kier molecular flexibility index (Phi) is 7.93. The van der Waals surface area contributed by atoms with Crippen molar-refractivity contribution in [3.8, 4) is 0 Å². The Bertz CT molecular complexity index is 1450. The summed E-state index contributed by atoms with van der Waals surface area (Å²) in [7, 11) is 0. The minimum absolute atomic E-state index is 0.0658. The van der Waals surface area contributed by atoms with Gasteiger partial charge in [0, 0.05) is 38.3 Å². The van der Waals surface area contributed by atoms with Gasteiger partial charge < -0.3 is 24.6 Å². The number of nitrogens with zero attached hydrogens (tertiary/aromatic N) is 4. The molecule has 0 unspecified atom stereocenters. The van der Waals surface area contributed by atoms with Crippen molar-refractivity contribution in [1.82, 2.24) is 0 Å². The zero-order valence-electron chi connectivity index (χ0n) is 20.7. The van der Waals surface area contributed by atoms with Crippen molar-refractivity contribution in [1.29, 1.82) is 0 Å². The van der Waals surface area contributed by atoms with Crippen LogP contribution < -0.4 is 20.0 Å². The van der Waals surface area contributed by atoms with Gasteiger partial charge in [0.15, 0.2) is 6.10 Å². The number of hydrogen-bond acceptors (Lipinski definition) is 9. The third-order valence-corrected chi connectivity index (χ3v) is 7.69. The molecule has 1 amide bonds. The van der Waals surface area contributed by atoms with E-state index in [1.54, 1.807) is 18.2 Å². The summed E-state index contributed by atoms with van der Waals surface area (Å²) < 4.78 is 52.6. The van der Waals surface area contributed by atoms with E-state index in [1.165, 1.54) is 23.1 Å². The van der Waals surface area contributed by atoms with Gasteiger partial charge in [-0.15, -0.1) is 0 Å². The first-order valence-electron chi connectivity index (χ1n) is 12.1. The van der Waals surface area contributed by atoms with Crippen LogP contribution in [-0.2, 0) is 9.47 Å². The van der Waals surface area contributed by atoms with Gasteiger partial charge in [-0.05, 0) is 60.0 Å². The van der Waals surface area contributed by atoms with Gasteiger partial charge in [0.25, 0.3) is 5.17 Å². The lowest BCUT2D eigenvalue weighted by Gasteiger charge is -2.36. The van der Waals surface area contributed by atoms with E-state index in [2.05, 4.69) is 5.32 Å². The minimum atomic E-state index is -0.842. The normalized spacial score (nSPS) is 17.1. The highest BCUT2D eigenvalue weighted by atomic mass is 32.1. The Morgan fingerprint density at radius 3 is 2.50 bits per heavy atom. The SMILES string of the molecule is O=C1O[C@@H](COC(=S)Nc2ccc(F)cc2F)CN1c1ccc(N2CCN(c3ccc([N+](=O)[O-])s3)CC2)c(F)c1. The van der Waals surface area contributed by atoms with E-state index in [0.29, 0.717) is 43.6 Å². The summed E-state index contributed by atoms with van der Waals surface area (Å²) in [5.41, 5.74) is 0.633. The molecule has 1 N–H and O–H groups in total. The van der Waals surface area contributed by atoms with Gasteiger partial charge in [-0.2, -0.15) is 0 Å².